The SMILES string of the molecule is CC(=O)Oc1c(C(=O)c2ccc(C(F)(F)F)n(C)c2=O)cnn1C. The number of carbonyl (C=O) groups excluding carboxylic acids is 2. The van der Waals surface area contributed by atoms with Gasteiger partial charge in [0.25, 0.3) is 5.56 Å². The third-order valence-corrected chi connectivity index (χ3v) is 3.21. The molecule has 0 spiro atoms. The smallest absolute Gasteiger partial charge is 0.407 e. The van der Waals surface area contributed by atoms with Crippen molar-refractivity contribution in [2.24, 2.45) is 14.1 Å². The Hall–Kier alpha value is -2.91. The van der Waals surface area contributed by atoms with Crippen LogP contribution in [0.5, 0.6) is 5.88 Å². The quantitative estimate of drug-likeness (QED) is 0.620. The summed E-state index contributed by atoms with van der Waals surface area (Å²) in [5.74, 6) is -1.81. The standard InChI is InChI=1S/C14H12F3N3O4/c1-7(21)24-13-9(6-18-20(13)3)11(22)8-4-5-10(14(15,16)17)19(2)12(8)23/h4-6H,1-3H3. The number of rotatable bonds is 3. The lowest BCUT2D eigenvalue weighted by Gasteiger charge is -2.12. The Morgan fingerprint density at radius 1 is 1.17 bits per heavy atom. The van der Waals surface area contributed by atoms with Gasteiger partial charge in [-0.1, -0.05) is 0 Å². The number of halogens is 3. The van der Waals surface area contributed by atoms with Crippen molar-refractivity contribution in [2.75, 3.05) is 0 Å². The van der Waals surface area contributed by atoms with E-state index in [9.17, 15) is 27.6 Å². The largest absolute Gasteiger partial charge is 0.431 e. The molecule has 0 bridgehead atoms. The van der Waals surface area contributed by atoms with Crippen molar-refractivity contribution in [3.63, 3.8) is 0 Å². The van der Waals surface area contributed by atoms with Gasteiger partial charge in [0.15, 0.2) is 0 Å². The van der Waals surface area contributed by atoms with Crippen molar-refractivity contribution in [1.29, 1.82) is 0 Å². The van der Waals surface area contributed by atoms with Gasteiger partial charge >= 0.3 is 12.1 Å². The molecule has 10 heteroatoms. The summed E-state index contributed by atoms with van der Waals surface area (Å²) in [6.45, 7) is 1.11. The zero-order valence-electron chi connectivity index (χ0n) is 12.8. The molecule has 24 heavy (non-hydrogen) atoms. The van der Waals surface area contributed by atoms with E-state index in [4.69, 9.17) is 4.74 Å². The lowest BCUT2D eigenvalue weighted by molar-refractivity contribution is -0.143. The molecule has 2 aromatic heterocycles. The Morgan fingerprint density at radius 2 is 1.79 bits per heavy atom. The summed E-state index contributed by atoms with van der Waals surface area (Å²) in [5.41, 5.74) is -3.00. The summed E-state index contributed by atoms with van der Waals surface area (Å²) in [6, 6.07) is 1.43. The molecule has 128 valence electrons. The van der Waals surface area contributed by atoms with Gasteiger partial charge in [0.2, 0.25) is 11.7 Å². The monoisotopic (exact) mass is 343 g/mol. The number of esters is 1. The van der Waals surface area contributed by atoms with Gasteiger partial charge in [-0.3, -0.25) is 14.4 Å². The lowest BCUT2D eigenvalue weighted by Crippen LogP contribution is -2.30. The van der Waals surface area contributed by atoms with Crippen LogP contribution in [0.2, 0.25) is 0 Å². The van der Waals surface area contributed by atoms with Crippen molar-refractivity contribution in [1.82, 2.24) is 14.3 Å². The first-order valence-corrected chi connectivity index (χ1v) is 6.56. The number of ether oxygens (including phenoxy) is 1. The van der Waals surface area contributed by atoms with Gasteiger partial charge < -0.3 is 9.30 Å². The van der Waals surface area contributed by atoms with Crippen LogP contribution in [0.4, 0.5) is 13.2 Å². The summed E-state index contributed by atoms with van der Waals surface area (Å²) >= 11 is 0. The normalized spacial score (nSPS) is 11.4. The molecule has 0 aliphatic heterocycles. The first-order valence-electron chi connectivity index (χ1n) is 6.56. The number of alkyl halides is 3. The lowest BCUT2D eigenvalue weighted by atomic mass is 10.1. The second kappa shape index (κ2) is 5.95. The van der Waals surface area contributed by atoms with Crippen molar-refractivity contribution < 1.29 is 27.5 Å². The number of hydrogen-bond donors (Lipinski definition) is 0. The first kappa shape index (κ1) is 17.4. The average molecular weight is 343 g/mol. The van der Waals surface area contributed by atoms with E-state index in [-0.39, 0.29) is 11.4 Å². The van der Waals surface area contributed by atoms with Crippen LogP contribution in [0.1, 0.15) is 28.5 Å². The van der Waals surface area contributed by atoms with Crippen LogP contribution in [0, 0.1) is 0 Å². The zero-order valence-corrected chi connectivity index (χ0v) is 12.8. The van der Waals surface area contributed by atoms with Crippen molar-refractivity contribution >= 4 is 11.8 Å². The average Bonchev–Trinajstić information content (AvgIpc) is 2.80. The molecule has 0 fully saturated rings. The maximum Gasteiger partial charge on any atom is 0.431 e. The fraction of sp³-hybridized carbons (Fsp3) is 0.286. The Bertz CT molecular complexity index is 880. The third-order valence-electron chi connectivity index (χ3n) is 3.21. The molecule has 7 nitrogen and oxygen atoms in total. The van der Waals surface area contributed by atoms with E-state index < -0.39 is 34.7 Å². The van der Waals surface area contributed by atoms with E-state index in [1.54, 1.807) is 0 Å². The second-order valence-corrected chi connectivity index (χ2v) is 4.90. The minimum absolute atomic E-state index is 0.200. The second-order valence-electron chi connectivity index (χ2n) is 4.90. The van der Waals surface area contributed by atoms with E-state index in [0.29, 0.717) is 10.6 Å². The van der Waals surface area contributed by atoms with Crippen LogP contribution in [0.25, 0.3) is 0 Å². The van der Waals surface area contributed by atoms with Crippen molar-refractivity contribution in [2.45, 2.75) is 13.1 Å². The van der Waals surface area contributed by atoms with Gasteiger partial charge in [-0.25, -0.2) is 4.68 Å². The molecule has 0 aliphatic carbocycles. The summed E-state index contributed by atoms with van der Waals surface area (Å²) in [7, 11) is 2.32. The molecular formula is C14H12F3N3O4. The van der Waals surface area contributed by atoms with E-state index >= 15 is 0 Å². The summed E-state index contributed by atoms with van der Waals surface area (Å²) in [4.78, 5) is 35.6. The van der Waals surface area contributed by atoms with Crippen LogP contribution in [-0.2, 0) is 25.1 Å². The van der Waals surface area contributed by atoms with Crippen LogP contribution in [0.15, 0.2) is 23.1 Å². The Balaban J connectivity index is 2.55. The Kier molecular flexibility index (Phi) is 4.32. The molecular weight excluding hydrogens is 331 g/mol. The highest BCUT2D eigenvalue weighted by Gasteiger charge is 2.34. The molecule has 0 amide bonds. The third kappa shape index (κ3) is 3.07. The summed E-state index contributed by atoms with van der Waals surface area (Å²) in [5, 5.41) is 3.75. The highest BCUT2D eigenvalue weighted by molar-refractivity contribution is 6.10. The summed E-state index contributed by atoms with van der Waals surface area (Å²) < 4.78 is 44.6. The minimum atomic E-state index is -4.73. The van der Waals surface area contributed by atoms with Crippen LogP contribution in [-0.4, -0.2) is 26.1 Å². The predicted molar refractivity (Wildman–Crippen MR) is 74.6 cm³/mol. The molecule has 0 saturated carbocycles. The van der Waals surface area contributed by atoms with Gasteiger partial charge in [-0.15, -0.1) is 0 Å². The number of aromatic nitrogens is 3. The topological polar surface area (TPSA) is 83.2 Å². The molecule has 0 radical (unpaired) electrons. The van der Waals surface area contributed by atoms with E-state index in [1.165, 1.54) is 7.05 Å². The molecule has 0 atom stereocenters. The number of hydrogen-bond acceptors (Lipinski definition) is 5. The fourth-order valence-electron chi connectivity index (χ4n) is 2.08. The minimum Gasteiger partial charge on any atom is -0.407 e. The highest BCUT2D eigenvalue weighted by atomic mass is 19.4. The van der Waals surface area contributed by atoms with Gasteiger partial charge in [0, 0.05) is 21.0 Å². The predicted octanol–water partition coefficient (Wildman–Crippen LogP) is 1.29. The number of pyridine rings is 1. The molecule has 0 unspecified atom stereocenters. The Labute approximate surface area is 133 Å². The van der Waals surface area contributed by atoms with Crippen molar-refractivity contribution in [3.8, 4) is 5.88 Å². The van der Waals surface area contributed by atoms with E-state index in [0.717, 1.165) is 30.9 Å². The van der Waals surface area contributed by atoms with Crippen LogP contribution >= 0.6 is 0 Å². The molecule has 0 N–H and O–H groups in total. The maximum atomic E-state index is 12.8. The molecule has 0 saturated heterocycles. The van der Waals surface area contributed by atoms with Crippen LogP contribution < -0.4 is 10.3 Å². The van der Waals surface area contributed by atoms with Gasteiger partial charge in [0.05, 0.1) is 11.8 Å². The number of ketones is 1. The molecule has 0 aromatic carbocycles. The number of carbonyl (C=O) groups is 2. The highest BCUT2D eigenvalue weighted by Crippen LogP contribution is 2.28. The van der Waals surface area contributed by atoms with E-state index in [2.05, 4.69) is 5.10 Å². The molecule has 2 heterocycles. The Morgan fingerprint density at radius 3 is 2.33 bits per heavy atom. The van der Waals surface area contributed by atoms with E-state index in [1.807, 2.05) is 0 Å². The molecule has 2 rings (SSSR count). The van der Waals surface area contributed by atoms with Gasteiger partial charge in [-0.2, -0.15) is 18.3 Å². The maximum absolute atomic E-state index is 12.8. The molecule has 2 aromatic rings. The fourth-order valence-corrected chi connectivity index (χ4v) is 2.08. The first-order chi connectivity index (χ1) is 11.0. The number of aryl methyl sites for hydroxylation is 1. The summed E-state index contributed by atoms with van der Waals surface area (Å²) in [6.07, 6.45) is -3.66. The van der Waals surface area contributed by atoms with Crippen molar-refractivity contribution in [3.05, 3.63) is 45.5 Å². The van der Waals surface area contributed by atoms with Crippen LogP contribution in [0.3, 0.4) is 0 Å². The molecule has 0 aliphatic rings. The number of nitrogens with zero attached hydrogens (tertiary/aromatic N) is 3. The van der Waals surface area contributed by atoms with Gasteiger partial charge in [-0.05, 0) is 12.1 Å². The zero-order chi connectivity index (χ0) is 18.2. The van der Waals surface area contributed by atoms with Gasteiger partial charge in [0.1, 0.15) is 11.3 Å².